The van der Waals surface area contributed by atoms with E-state index in [9.17, 15) is 145 Å². The molecular weight excluding hydrogens is 1160 g/mol. The molecule has 2 nitrogen and oxygen atoms in total. The molecule has 0 saturated heterocycles. The Balaban J connectivity index is 4.38. The molecule has 0 aliphatic rings. The Kier molecular flexibility index (Phi) is 17.1. The third kappa shape index (κ3) is 10.2. The first-order chi connectivity index (χ1) is 30.8. The highest BCUT2D eigenvalue weighted by atomic mass is 28.3. The van der Waals surface area contributed by atoms with Gasteiger partial charge in [-0.2, -0.15) is 171 Å². The Bertz CT molecular complexity index is 1810. The molecule has 1 aromatic rings. The maximum absolute atomic E-state index is 15.0. The second-order valence-corrected chi connectivity index (χ2v) is 20.6. The second kappa shape index (κ2) is 18.5. The summed E-state index contributed by atoms with van der Waals surface area (Å²) in [7, 11) is -5.92. The van der Waals surface area contributed by atoms with Crippen molar-refractivity contribution < 1.29 is 176 Å². The Morgan fingerprint density at radius 2 is 0.514 bits per heavy atom. The minimum Gasteiger partial charge on any atom is -0.240 e. The third-order valence-electron chi connectivity index (χ3n) is 10.6. The van der Waals surface area contributed by atoms with Gasteiger partial charge in [-0.15, -0.1) is 0 Å². The standard InChI is InChI=1S/C30H22F39N2Si/c1-70-5-6-71(12-70)7-11-72(8-2-13(31,32)16(37,38)19(43,44)22(49,50)25(55,56)28(61,62)63,9-3-14(33,34)17(39,40)20(45,46)23(51,52)26(57,58)29(64,65)66)10-4-15(35,36)18(41,42)21(47,48)24(53,54)27(59,60)30(67,68)69/h5-6,12H,2-4,7-11H2,1H3/q+1. The van der Waals surface area contributed by atoms with Crippen LogP contribution in [0, 0.1) is 0 Å². The van der Waals surface area contributed by atoms with E-state index in [2.05, 4.69) is 0 Å². The maximum atomic E-state index is 15.0. The van der Waals surface area contributed by atoms with Crippen LogP contribution in [0.4, 0.5) is 171 Å². The van der Waals surface area contributed by atoms with E-state index in [0.717, 1.165) is 7.05 Å². The van der Waals surface area contributed by atoms with Gasteiger partial charge in [0.1, 0.15) is 12.4 Å². The second-order valence-electron chi connectivity index (χ2n) is 15.6. The summed E-state index contributed by atoms with van der Waals surface area (Å²) in [4.78, 5) is 0. The van der Waals surface area contributed by atoms with Crippen LogP contribution in [0.2, 0.25) is 24.2 Å². The Morgan fingerprint density at radius 1 is 0.306 bits per heavy atom. The molecule has 0 spiro atoms. The average molecular weight is 1180 g/mol. The van der Waals surface area contributed by atoms with E-state index in [1.54, 1.807) is 0 Å². The van der Waals surface area contributed by atoms with Gasteiger partial charge in [-0.25, -0.2) is 9.13 Å². The quantitative estimate of drug-likeness (QED) is 0.0554. The molecule has 0 N–H and O–H groups in total. The monoisotopic (exact) mass is 1180 g/mol. The molecule has 1 heterocycles. The molecule has 0 aromatic carbocycles. The van der Waals surface area contributed by atoms with E-state index in [1.807, 2.05) is 0 Å². The lowest BCUT2D eigenvalue weighted by atomic mass is 9.93. The molecule has 428 valence electrons. The van der Waals surface area contributed by atoms with Crippen molar-refractivity contribution in [3.63, 3.8) is 0 Å². The molecule has 72 heavy (non-hydrogen) atoms. The zero-order valence-electron chi connectivity index (χ0n) is 33.5. The van der Waals surface area contributed by atoms with E-state index in [1.165, 1.54) is 0 Å². The van der Waals surface area contributed by atoms with Crippen LogP contribution in [0.5, 0.6) is 0 Å². The summed E-state index contributed by atoms with van der Waals surface area (Å²) < 4.78 is 541. The van der Waals surface area contributed by atoms with Gasteiger partial charge in [0.05, 0.1) is 21.7 Å². The topological polar surface area (TPSA) is 8.81 Å². The fourth-order valence-corrected chi connectivity index (χ4v) is 10.7. The first-order valence-corrected chi connectivity index (χ1v) is 20.6. The molecule has 0 radical (unpaired) electrons. The molecule has 1 aromatic heterocycles. The lowest BCUT2D eigenvalue weighted by Gasteiger charge is -2.43. The molecule has 0 saturated carbocycles. The van der Waals surface area contributed by atoms with Crippen LogP contribution in [0.1, 0.15) is 19.3 Å². The first kappa shape index (κ1) is 66.7. The number of aryl methyl sites for hydroxylation is 2. The molecule has 0 fully saturated rings. The fourth-order valence-electron chi connectivity index (χ4n) is 5.89. The van der Waals surface area contributed by atoms with Gasteiger partial charge >= 0.3 is 107 Å². The Labute approximate surface area is 372 Å². The highest BCUT2D eigenvalue weighted by Crippen LogP contribution is 2.65. The van der Waals surface area contributed by atoms with Gasteiger partial charge < -0.3 is 0 Å². The minimum absolute atomic E-state index is 0.295. The molecule has 0 amide bonds. The Hall–Kier alpha value is -3.30. The van der Waals surface area contributed by atoms with E-state index >= 15 is 26.3 Å². The zero-order valence-corrected chi connectivity index (χ0v) is 34.5. The van der Waals surface area contributed by atoms with Crippen LogP contribution in [-0.2, 0) is 13.6 Å². The SMILES string of the molecule is C[n+]1ccn(CC[Si](CCC(F)(F)C(F)(F)C(F)(F)C(F)(F)C(F)(F)C(F)(F)F)(CCC(F)(F)C(F)(F)C(F)(F)C(F)(F)C(F)(F)C(F)(F)F)CCC(F)(F)C(F)(F)C(F)(F)C(F)(F)C(F)(F)C(F)(F)F)c1. The van der Waals surface area contributed by atoms with Crippen molar-refractivity contribution in [3.05, 3.63) is 18.7 Å². The number of aromatic nitrogens is 2. The summed E-state index contributed by atoms with van der Waals surface area (Å²) in [5, 5.41) is 0. The lowest BCUT2D eigenvalue weighted by molar-refractivity contribution is -0.671. The highest BCUT2D eigenvalue weighted by Gasteiger charge is 2.93. The number of hydrogen-bond acceptors (Lipinski definition) is 0. The Morgan fingerprint density at radius 3 is 0.694 bits per heavy atom. The van der Waals surface area contributed by atoms with Gasteiger partial charge in [-0.05, 0) is 6.04 Å². The van der Waals surface area contributed by atoms with Gasteiger partial charge in [-0.1, -0.05) is 18.1 Å². The summed E-state index contributed by atoms with van der Waals surface area (Å²) >= 11 is 0. The fraction of sp³-hybridized carbons (Fsp3) is 0.900. The van der Waals surface area contributed by atoms with E-state index in [-0.39, 0.29) is 0 Å². The lowest BCUT2D eigenvalue weighted by Crippen LogP contribution is -2.70. The summed E-state index contributed by atoms with van der Waals surface area (Å²) in [5.74, 6) is -127. The molecular formula is C30H22F39N2Si+. The number of imidazole rings is 1. The van der Waals surface area contributed by atoms with Crippen molar-refractivity contribution in [2.24, 2.45) is 7.05 Å². The molecule has 0 aliphatic heterocycles. The smallest absolute Gasteiger partial charge is 0.240 e. The van der Waals surface area contributed by atoms with Gasteiger partial charge in [-0.3, -0.25) is 0 Å². The normalized spacial score (nSPS) is 16.5. The highest BCUT2D eigenvalue weighted by molar-refractivity contribution is 6.79. The number of alkyl halides is 39. The van der Waals surface area contributed by atoms with E-state index in [0.29, 0.717) is 27.9 Å². The van der Waals surface area contributed by atoms with Crippen molar-refractivity contribution in [3.8, 4) is 0 Å². The summed E-state index contributed by atoms with van der Waals surface area (Å²) in [6.45, 7) is -1.66. The van der Waals surface area contributed by atoms with Crippen LogP contribution in [0.15, 0.2) is 18.7 Å². The summed E-state index contributed by atoms with van der Waals surface area (Å²) in [6.07, 6.45) is -34.7. The summed E-state index contributed by atoms with van der Waals surface area (Å²) in [5.41, 5.74) is 0. The first-order valence-electron chi connectivity index (χ1n) is 17.7. The number of nitrogens with zero attached hydrogens (tertiary/aromatic N) is 2. The third-order valence-corrected chi connectivity index (χ3v) is 15.8. The average Bonchev–Trinajstić information content (AvgIpc) is 3.59. The zero-order chi connectivity index (χ0) is 58.4. The van der Waals surface area contributed by atoms with Crippen LogP contribution in [0.3, 0.4) is 0 Å². The van der Waals surface area contributed by atoms with E-state index in [4.69, 9.17) is 0 Å². The van der Waals surface area contributed by atoms with Crippen molar-refractivity contribution in [2.45, 2.75) is 157 Å². The van der Waals surface area contributed by atoms with Gasteiger partial charge in [0.2, 0.25) is 6.33 Å². The number of rotatable bonds is 24. The summed E-state index contributed by atoms with van der Waals surface area (Å²) in [6, 6.07) is -11.8. The van der Waals surface area contributed by atoms with Crippen LogP contribution in [0.25, 0.3) is 0 Å². The molecule has 0 aliphatic carbocycles. The van der Waals surface area contributed by atoms with Crippen molar-refractivity contribution in [2.75, 3.05) is 0 Å². The van der Waals surface area contributed by atoms with Crippen LogP contribution >= 0.6 is 0 Å². The van der Waals surface area contributed by atoms with Crippen molar-refractivity contribution in [1.82, 2.24) is 4.57 Å². The molecule has 0 bridgehead atoms. The van der Waals surface area contributed by atoms with E-state index < -0.39 is 165 Å². The molecule has 0 unspecified atom stereocenters. The minimum atomic E-state index is -8.86. The van der Waals surface area contributed by atoms with Gasteiger partial charge in [0.15, 0.2) is 0 Å². The predicted molar refractivity (Wildman–Crippen MR) is 157 cm³/mol. The predicted octanol–water partition coefficient (Wildman–Crippen LogP) is 15.1. The molecule has 1 rings (SSSR count). The van der Waals surface area contributed by atoms with Crippen molar-refractivity contribution in [1.29, 1.82) is 0 Å². The van der Waals surface area contributed by atoms with Gasteiger partial charge in [0.25, 0.3) is 0 Å². The molecule has 42 heteroatoms. The van der Waals surface area contributed by atoms with Crippen LogP contribution < -0.4 is 4.57 Å². The van der Waals surface area contributed by atoms with Crippen LogP contribution in [-0.4, -0.2) is 120 Å². The van der Waals surface area contributed by atoms with Gasteiger partial charge in [0, 0.05) is 19.3 Å². The number of halogens is 39. The largest absolute Gasteiger partial charge is 0.460 e. The van der Waals surface area contributed by atoms with Crippen molar-refractivity contribution >= 4 is 8.07 Å². The maximum Gasteiger partial charge on any atom is 0.460 e. The number of hydrogen-bond donors (Lipinski definition) is 0. The molecule has 0 atom stereocenters.